The van der Waals surface area contributed by atoms with Gasteiger partial charge in [-0.25, -0.2) is 0 Å². The van der Waals surface area contributed by atoms with Crippen LogP contribution in [0.5, 0.6) is 0 Å². The molecule has 2 heteroatoms. The summed E-state index contributed by atoms with van der Waals surface area (Å²) in [4.78, 5) is 2.54. The molecule has 18 heavy (non-hydrogen) atoms. The Hall–Kier alpha value is -0.0800. The molecule has 0 aromatic rings. The van der Waals surface area contributed by atoms with Crippen LogP contribution >= 0.6 is 0 Å². The highest BCUT2D eigenvalue weighted by Crippen LogP contribution is 2.28. The number of hydrogen-bond donors (Lipinski definition) is 1. The Labute approximate surface area is 114 Å². The van der Waals surface area contributed by atoms with Gasteiger partial charge in [0, 0.05) is 19.1 Å². The molecule has 1 fully saturated rings. The molecule has 0 aromatic carbocycles. The van der Waals surface area contributed by atoms with Crippen LogP contribution in [0.1, 0.15) is 66.2 Å². The summed E-state index contributed by atoms with van der Waals surface area (Å²) in [5.74, 6) is 1.25. The van der Waals surface area contributed by atoms with E-state index >= 15 is 0 Å². The van der Waals surface area contributed by atoms with Crippen LogP contribution in [0.2, 0.25) is 0 Å². The average Bonchev–Trinajstić information content (AvgIpc) is 2.83. The summed E-state index contributed by atoms with van der Waals surface area (Å²) in [6.07, 6.45) is 7.39. The van der Waals surface area contributed by atoms with Gasteiger partial charge in [0.1, 0.15) is 0 Å². The van der Waals surface area contributed by atoms with E-state index in [1.54, 1.807) is 0 Å². The highest BCUT2D eigenvalue weighted by molar-refractivity contribution is 4.80. The molecule has 1 atom stereocenters. The Morgan fingerprint density at radius 3 is 2.06 bits per heavy atom. The van der Waals surface area contributed by atoms with Gasteiger partial charge in [0.25, 0.3) is 0 Å². The number of hydrogen-bond acceptors (Lipinski definition) is 2. The zero-order chi connectivity index (χ0) is 13.5. The lowest BCUT2D eigenvalue weighted by Gasteiger charge is -2.35. The van der Waals surface area contributed by atoms with E-state index in [1.807, 2.05) is 0 Å². The molecule has 0 bridgehead atoms. The van der Waals surface area contributed by atoms with Crippen molar-refractivity contribution >= 4 is 0 Å². The molecule has 0 aromatic heterocycles. The molecule has 1 rings (SSSR count). The van der Waals surface area contributed by atoms with Gasteiger partial charge in [-0.15, -0.1) is 0 Å². The smallest absolute Gasteiger partial charge is 0.0695 e. The van der Waals surface area contributed by atoms with Gasteiger partial charge >= 0.3 is 0 Å². The summed E-state index contributed by atoms with van der Waals surface area (Å²) in [7, 11) is 0. The van der Waals surface area contributed by atoms with Crippen LogP contribution < -0.4 is 0 Å². The van der Waals surface area contributed by atoms with Gasteiger partial charge in [-0.1, -0.05) is 40.5 Å². The first-order valence-corrected chi connectivity index (χ1v) is 8.00. The summed E-state index contributed by atoms with van der Waals surface area (Å²) in [6.45, 7) is 11.1. The molecule has 0 saturated heterocycles. The van der Waals surface area contributed by atoms with Crippen LogP contribution in [-0.4, -0.2) is 35.2 Å². The third kappa shape index (κ3) is 4.89. The minimum absolute atomic E-state index is 0.105. The summed E-state index contributed by atoms with van der Waals surface area (Å²) >= 11 is 0. The Bertz CT molecular complexity index is 207. The van der Waals surface area contributed by atoms with E-state index in [9.17, 15) is 5.11 Å². The van der Waals surface area contributed by atoms with Crippen molar-refractivity contribution in [2.24, 2.45) is 11.8 Å². The fraction of sp³-hybridized carbons (Fsp3) is 1.00. The van der Waals surface area contributed by atoms with Crippen molar-refractivity contribution in [3.8, 4) is 0 Å². The summed E-state index contributed by atoms with van der Waals surface area (Å²) < 4.78 is 0. The van der Waals surface area contributed by atoms with Crippen molar-refractivity contribution in [1.29, 1.82) is 0 Å². The first-order chi connectivity index (χ1) is 8.58. The second-order valence-electron chi connectivity index (χ2n) is 6.43. The highest BCUT2D eigenvalue weighted by Gasteiger charge is 2.27. The fourth-order valence-electron chi connectivity index (χ4n) is 3.38. The lowest BCUT2D eigenvalue weighted by molar-refractivity contribution is 0.0408. The summed E-state index contributed by atoms with van der Waals surface area (Å²) in [6, 6.07) is 0.642. The minimum atomic E-state index is -0.105. The van der Waals surface area contributed by atoms with Crippen LogP contribution in [-0.2, 0) is 0 Å². The molecule has 0 radical (unpaired) electrons. The maximum Gasteiger partial charge on any atom is 0.0695 e. The quantitative estimate of drug-likeness (QED) is 0.715. The Balaban J connectivity index is 2.52. The molecule has 0 heterocycles. The predicted molar refractivity (Wildman–Crippen MR) is 78.7 cm³/mol. The molecular weight excluding hydrogens is 222 g/mol. The maximum atomic E-state index is 10.4. The molecule has 1 unspecified atom stereocenters. The molecule has 0 aliphatic heterocycles. The minimum Gasteiger partial charge on any atom is -0.392 e. The lowest BCUT2D eigenvalue weighted by Crippen LogP contribution is -2.43. The molecule has 0 spiro atoms. The molecule has 0 amide bonds. The van der Waals surface area contributed by atoms with Gasteiger partial charge in [0.2, 0.25) is 0 Å². The SMILES string of the molecule is CCC(CC)N(CC(C)C)CC(O)C1CCCC1. The van der Waals surface area contributed by atoms with Gasteiger partial charge in [-0.2, -0.15) is 0 Å². The zero-order valence-electron chi connectivity index (χ0n) is 12.9. The van der Waals surface area contributed by atoms with E-state index in [-0.39, 0.29) is 6.10 Å². The average molecular weight is 255 g/mol. The van der Waals surface area contributed by atoms with Crippen molar-refractivity contribution in [2.45, 2.75) is 78.4 Å². The van der Waals surface area contributed by atoms with E-state index < -0.39 is 0 Å². The van der Waals surface area contributed by atoms with Gasteiger partial charge in [-0.3, -0.25) is 4.90 Å². The van der Waals surface area contributed by atoms with Crippen LogP contribution in [0.4, 0.5) is 0 Å². The molecule has 108 valence electrons. The van der Waals surface area contributed by atoms with E-state index in [2.05, 4.69) is 32.6 Å². The van der Waals surface area contributed by atoms with Crippen LogP contribution in [0, 0.1) is 11.8 Å². The third-order valence-electron chi connectivity index (χ3n) is 4.42. The standard InChI is InChI=1S/C16H33NO/c1-5-15(6-2)17(11-13(3)4)12-16(18)14-9-7-8-10-14/h13-16,18H,5-12H2,1-4H3. The molecule has 2 nitrogen and oxygen atoms in total. The topological polar surface area (TPSA) is 23.5 Å². The fourth-order valence-corrected chi connectivity index (χ4v) is 3.38. The second-order valence-corrected chi connectivity index (χ2v) is 6.43. The summed E-state index contributed by atoms with van der Waals surface area (Å²) in [5.41, 5.74) is 0. The second kappa shape index (κ2) is 8.16. The largest absolute Gasteiger partial charge is 0.392 e. The number of nitrogens with zero attached hydrogens (tertiary/aromatic N) is 1. The third-order valence-corrected chi connectivity index (χ3v) is 4.42. The first kappa shape index (κ1) is 16.0. The predicted octanol–water partition coefficient (Wildman–Crippen LogP) is 3.68. The van der Waals surface area contributed by atoms with Crippen LogP contribution in [0.15, 0.2) is 0 Å². The molecular formula is C16H33NO. The van der Waals surface area contributed by atoms with E-state index in [1.165, 1.54) is 38.5 Å². The lowest BCUT2D eigenvalue weighted by atomic mass is 9.98. The van der Waals surface area contributed by atoms with Gasteiger partial charge in [-0.05, 0) is 37.5 Å². The maximum absolute atomic E-state index is 10.4. The van der Waals surface area contributed by atoms with Crippen molar-refractivity contribution in [1.82, 2.24) is 4.90 Å². The normalized spacial score (nSPS) is 19.3. The van der Waals surface area contributed by atoms with E-state index in [0.29, 0.717) is 17.9 Å². The molecule has 1 aliphatic rings. The molecule has 1 saturated carbocycles. The van der Waals surface area contributed by atoms with Crippen molar-refractivity contribution in [3.63, 3.8) is 0 Å². The van der Waals surface area contributed by atoms with Crippen LogP contribution in [0.3, 0.4) is 0 Å². The molecule has 1 N–H and O–H groups in total. The van der Waals surface area contributed by atoms with Gasteiger partial charge in [0.05, 0.1) is 6.10 Å². The number of aliphatic hydroxyl groups excluding tert-OH is 1. The van der Waals surface area contributed by atoms with Gasteiger partial charge < -0.3 is 5.11 Å². The van der Waals surface area contributed by atoms with Gasteiger partial charge in [0.15, 0.2) is 0 Å². The highest BCUT2D eigenvalue weighted by atomic mass is 16.3. The zero-order valence-corrected chi connectivity index (χ0v) is 12.9. The van der Waals surface area contributed by atoms with Crippen molar-refractivity contribution in [2.75, 3.05) is 13.1 Å². The summed E-state index contributed by atoms with van der Waals surface area (Å²) in [5, 5.41) is 10.4. The first-order valence-electron chi connectivity index (χ1n) is 8.00. The Morgan fingerprint density at radius 2 is 1.61 bits per heavy atom. The molecule has 1 aliphatic carbocycles. The number of aliphatic hydroxyl groups is 1. The Morgan fingerprint density at radius 1 is 1.06 bits per heavy atom. The number of rotatable bonds is 8. The van der Waals surface area contributed by atoms with E-state index in [4.69, 9.17) is 0 Å². The monoisotopic (exact) mass is 255 g/mol. The van der Waals surface area contributed by atoms with Crippen molar-refractivity contribution in [3.05, 3.63) is 0 Å². The van der Waals surface area contributed by atoms with Crippen LogP contribution in [0.25, 0.3) is 0 Å². The van der Waals surface area contributed by atoms with E-state index in [0.717, 1.165) is 13.1 Å². The van der Waals surface area contributed by atoms with Crippen molar-refractivity contribution < 1.29 is 5.11 Å². The Kier molecular flexibility index (Phi) is 7.25.